The average Bonchev–Trinajstić information content (AvgIpc) is 2.72. The lowest BCUT2D eigenvalue weighted by Crippen LogP contribution is -2.23. The minimum Gasteiger partial charge on any atom is -0.463 e. The van der Waals surface area contributed by atoms with E-state index in [0.29, 0.717) is 0 Å². The van der Waals surface area contributed by atoms with Crippen molar-refractivity contribution in [2.24, 2.45) is 0 Å². The lowest BCUT2D eigenvalue weighted by atomic mass is 10.1. The molecule has 3 N–H and O–H groups in total. The highest BCUT2D eigenvalue weighted by atomic mass is 31.2. The first-order chi connectivity index (χ1) is 14.8. The minimum absolute atomic E-state index is 0.290. The van der Waals surface area contributed by atoms with Crippen molar-refractivity contribution < 1.29 is 33.5 Å². The van der Waals surface area contributed by atoms with Gasteiger partial charge in [0.05, 0.1) is 6.61 Å². The number of phosphoric acid groups is 1. The Kier molecular flexibility index (Phi) is 20.7. The van der Waals surface area contributed by atoms with Crippen LogP contribution in [-0.4, -0.2) is 40.2 Å². The van der Waals surface area contributed by atoms with Crippen LogP contribution in [0, 0.1) is 0 Å². The molecule has 0 heterocycles. The summed E-state index contributed by atoms with van der Waals surface area (Å²) in [6, 6.07) is 0. The fourth-order valence-electron chi connectivity index (χ4n) is 3.19. The van der Waals surface area contributed by atoms with E-state index < -0.39 is 26.5 Å². The second-order valence-electron chi connectivity index (χ2n) is 8.16. The first kappa shape index (κ1) is 30.3. The van der Waals surface area contributed by atoms with E-state index in [4.69, 9.17) is 14.5 Å². The molecule has 0 aliphatic heterocycles. The zero-order valence-corrected chi connectivity index (χ0v) is 20.3. The SMILES string of the molecule is CCCCCC/C=C/CCCCCCCCCCCC(=O)OCC(O)COP(=O)(O)O. The van der Waals surface area contributed by atoms with Gasteiger partial charge in [-0.1, -0.05) is 83.3 Å². The maximum Gasteiger partial charge on any atom is 0.469 e. The van der Waals surface area contributed by atoms with Gasteiger partial charge in [-0.2, -0.15) is 0 Å². The average molecular weight is 465 g/mol. The van der Waals surface area contributed by atoms with Crippen LogP contribution in [-0.2, 0) is 18.6 Å². The number of hydrogen-bond acceptors (Lipinski definition) is 5. The van der Waals surface area contributed by atoms with Crippen LogP contribution in [0.25, 0.3) is 0 Å². The number of carbonyl (C=O) groups excluding carboxylic acids is 1. The third-order valence-corrected chi connectivity index (χ3v) is 5.50. The quantitative estimate of drug-likeness (QED) is 0.0801. The number of hydrogen-bond donors (Lipinski definition) is 3. The molecule has 31 heavy (non-hydrogen) atoms. The molecule has 184 valence electrons. The predicted octanol–water partition coefficient (Wildman–Crippen LogP) is 5.82. The first-order valence-electron chi connectivity index (χ1n) is 12.0. The number of unbranched alkanes of at least 4 members (excludes halogenated alkanes) is 13. The Labute approximate surface area is 188 Å². The molecular formula is C23H45O7P. The third-order valence-electron chi connectivity index (χ3n) is 5.01. The van der Waals surface area contributed by atoms with Gasteiger partial charge in [0, 0.05) is 6.42 Å². The van der Waals surface area contributed by atoms with Gasteiger partial charge in [-0.05, 0) is 32.1 Å². The lowest BCUT2D eigenvalue weighted by Gasteiger charge is -2.12. The minimum atomic E-state index is -4.62. The molecule has 0 aromatic rings. The monoisotopic (exact) mass is 464 g/mol. The van der Waals surface area contributed by atoms with Crippen LogP contribution in [0.4, 0.5) is 0 Å². The fourth-order valence-corrected chi connectivity index (χ4v) is 3.55. The van der Waals surface area contributed by atoms with E-state index in [9.17, 15) is 14.5 Å². The van der Waals surface area contributed by atoms with Crippen LogP contribution in [0.15, 0.2) is 12.2 Å². The van der Waals surface area contributed by atoms with Gasteiger partial charge < -0.3 is 19.6 Å². The summed E-state index contributed by atoms with van der Waals surface area (Å²) in [5.74, 6) is -0.412. The molecule has 0 saturated heterocycles. The van der Waals surface area contributed by atoms with E-state index in [1.165, 1.54) is 77.0 Å². The molecule has 0 bridgehead atoms. The molecule has 0 spiro atoms. The Balaban J connectivity index is 3.32. The highest BCUT2D eigenvalue weighted by molar-refractivity contribution is 7.46. The van der Waals surface area contributed by atoms with Crippen molar-refractivity contribution >= 4 is 13.8 Å². The Morgan fingerprint density at radius 1 is 0.806 bits per heavy atom. The molecule has 8 heteroatoms. The molecule has 0 aromatic carbocycles. The van der Waals surface area contributed by atoms with Gasteiger partial charge in [0.2, 0.25) is 0 Å². The second kappa shape index (κ2) is 21.1. The molecule has 0 aliphatic carbocycles. The molecule has 0 aromatic heterocycles. The predicted molar refractivity (Wildman–Crippen MR) is 124 cm³/mol. The van der Waals surface area contributed by atoms with Gasteiger partial charge >= 0.3 is 13.8 Å². The van der Waals surface area contributed by atoms with Gasteiger partial charge in [-0.15, -0.1) is 0 Å². The van der Waals surface area contributed by atoms with Gasteiger partial charge in [-0.25, -0.2) is 4.57 Å². The maximum atomic E-state index is 11.6. The van der Waals surface area contributed by atoms with Crippen molar-refractivity contribution in [2.45, 2.75) is 116 Å². The van der Waals surface area contributed by atoms with Gasteiger partial charge in [0.1, 0.15) is 12.7 Å². The standard InChI is InChI=1S/C23H45O7P/c1-2-3-4-5-6-7-8-9-10-11-12-13-14-15-16-17-18-19-23(25)29-20-22(24)21-30-31(26,27)28/h7-8,22,24H,2-6,9-21H2,1H3,(H2,26,27,28)/b8-7+. The van der Waals surface area contributed by atoms with E-state index in [1.54, 1.807) is 0 Å². The number of rotatable bonds is 22. The van der Waals surface area contributed by atoms with Crippen LogP contribution in [0.2, 0.25) is 0 Å². The summed E-state index contributed by atoms with van der Waals surface area (Å²) in [5.41, 5.74) is 0. The Morgan fingerprint density at radius 3 is 1.81 bits per heavy atom. The van der Waals surface area contributed by atoms with Crippen molar-refractivity contribution in [1.82, 2.24) is 0 Å². The largest absolute Gasteiger partial charge is 0.469 e. The second-order valence-corrected chi connectivity index (χ2v) is 9.40. The summed E-state index contributed by atoms with van der Waals surface area (Å²) >= 11 is 0. The molecule has 0 radical (unpaired) electrons. The van der Waals surface area contributed by atoms with E-state index in [0.717, 1.165) is 19.3 Å². The van der Waals surface area contributed by atoms with Crippen LogP contribution in [0.3, 0.4) is 0 Å². The number of carbonyl (C=O) groups is 1. The highest BCUT2D eigenvalue weighted by Gasteiger charge is 2.17. The number of aliphatic hydroxyl groups is 1. The molecule has 0 aliphatic rings. The highest BCUT2D eigenvalue weighted by Crippen LogP contribution is 2.35. The lowest BCUT2D eigenvalue weighted by molar-refractivity contribution is -0.147. The van der Waals surface area contributed by atoms with Crippen LogP contribution in [0.1, 0.15) is 110 Å². The number of allylic oxidation sites excluding steroid dienone is 2. The molecule has 7 nitrogen and oxygen atoms in total. The van der Waals surface area contributed by atoms with Crippen molar-refractivity contribution in [3.63, 3.8) is 0 Å². The van der Waals surface area contributed by atoms with Crippen LogP contribution >= 0.6 is 7.82 Å². The summed E-state index contributed by atoms with van der Waals surface area (Å²) < 4.78 is 19.5. The van der Waals surface area contributed by atoms with Crippen molar-refractivity contribution in [3.05, 3.63) is 12.2 Å². The van der Waals surface area contributed by atoms with Gasteiger partial charge in [-0.3, -0.25) is 9.32 Å². The molecule has 0 saturated carbocycles. The Hall–Kier alpha value is -0.720. The smallest absolute Gasteiger partial charge is 0.463 e. The number of phosphoric ester groups is 1. The topological polar surface area (TPSA) is 113 Å². The molecule has 0 rings (SSSR count). The summed E-state index contributed by atoms with van der Waals surface area (Å²) in [6.07, 6.45) is 21.9. The zero-order valence-electron chi connectivity index (χ0n) is 19.4. The Morgan fingerprint density at radius 2 is 1.29 bits per heavy atom. The summed E-state index contributed by atoms with van der Waals surface area (Å²) in [4.78, 5) is 28.6. The van der Waals surface area contributed by atoms with E-state index in [2.05, 4.69) is 23.6 Å². The van der Waals surface area contributed by atoms with E-state index in [-0.39, 0.29) is 13.0 Å². The maximum absolute atomic E-state index is 11.6. The first-order valence-corrected chi connectivity index (χ1v) is 13.6. The van der Waals surface area contributed by atoms with Gasteiger partial charge in [0.15, 0.2) is 0 Å². The summed E-state index contributed by atoms with van der Waals surface area (Å²) in [7, 11) is -4.62. The zero-order chi connectivity index (χ0) is 23.2. The molecule has 1 unspecified atom stereocenters. The molecule has 0 fully saturated rings. The van der Waals surface area contributed by atoms with Crippen LogP contribution in [0.5, 0.6) is 0 Å². The summed E-state index contributed by atoms with van der Waals surface area (Å²) in [5, 5.41) is 9.43. The number of ether oxygens (including phenoxy) is 1. The van der Waals surface area contributed by atoms with Crippen molar-refractivity contribution in [2.75, 3.05) is 13.2 Å². The third kappa shape index (κ3) is 25.4. The van der Waals surface area contributed by atoms with Gasteiger partial charge in [0.25, 0.3) is 0 Å². The molecule has 0 amide bonds. The fraction of sp³-hybridized carbons (Fsp3) is 0.870. The van der Waals surface area contributed by atoms with E-state index in [1.807, 2.05) is 0 Å². The van der Waals surface area contributed by atoms with Crippen molar-refractivity contribution in [1.29, 1.82) is 0 Å². The normalized spacial score (nSPS) is 13.0. The van der Waals surface area contributed by atoms with Crippen LogP contribution < -0.4 is 0 Å². The number of esters is 1. The number of aliphatic hydroxyl groups excluding tert-OH is 1. The van der Waals surface area contributed by atoms with E-state index >= 15 is 0 Å². The molecule has 1 atom stereocenters. The van der Waals surface area contributed by atoms with Crippen molar-refractivity contribution in [3.8, 4) is 0 Å². The molecular weight excluding hydrogens is 419 g/mol. The Bertz CT molecular complexity index is 490. The summed E-state index contributed by atoms with van der Waals surface area (Å²) in [6.45, 7) is 1.34.